The van der Waals surface area contributed by atoms with Crippen LogP contribution in [0.5, 0.6) is 0 Å². The smallest absolute Gasteiger partial charge is 0.302 e. The zero-order valence-electron chi connectivity index (χ0n) is 22.0. The number of hydrogen-bond acceptors (Lipinski definition) is 5. The van der Waals surface area contributed by atoms with Crippen LogP contribution in [0.3, 0.4) is 0 Å². The topological polar surface area (TPSA) is 65.0 Å². The molecule has 0 heterocycles. The molecule has 34 heavy (non-hydrogen) atoms. The second-order valence-electron chi connectivity index (χ2n) is 11.0. The Labute approximate surface area is 207 Å². The fourth-order valence-corrected chi connectivity index (χ4v) is 7.90. The lowest BCUT2D eigenvalue weighted by Gasteiger charge is -2.43. The monoisotopic (exact) mass is 502 g/mol. The van der Waals surface area contributed by atoms with Gasteiger partial charge in [0.25, 0.3) is 0 Å². The van der Waals surface area contributed by atoms with Gasteiger partial charge in [0.1, 0.15) is 19.9 Å². The van der Waals surface area contributed by atoms with Crippen LogP contribution < -0.4 is 5.19 Å². The first kappa shape index (κ1) is 28.5. The van der Waals surface area contributed by atoms with E-state index in [1.54, 1.807) is 0 Å². The normalized spacial score (nSPS) is 15.4. The molecule has 188 valence electrons. The number of ether oxygens (including phenoxy) is 2. The maximum absolute atomic E-state index is 12.1. The number of aliphatic hydroxyl groups is 1. The summed E-state index contributed by atoms with van der Waals surface area (Å²) >= 11 is 0. The van der Waals surface area contributed by atoms with Crippen molar-refractivity contribution in [1.82, 2.24) is 0 Å². The standard InChI is InChI=1S/C27H42O5Si2/c1-21(28)31-26(33(5,6)23-17-13-10-14-18-23)25(29)24(32-34(7,8)27(2,3)4)20-30-19-22-15-11-9-12-16-22/h9-18,24-26,29H,19-20H2,1-8H3/t24-,25+,26-/m1/s1. The lowest BCUT2D eigenvalue weighted by molar-refractivity contribution is -0.151. The number of benzene rings is 2. The molecule has 2 aromatic rings. The maximum Gasteiger partial charge on any atom is 0.302 e. The van der Waals surface area contributed by atoms with Gasteiger partial charge in [-0.25, -0.2) is 0 Å². The maximum atomic E-state index is 12.1. The van der Waals surface area contributed by atoms with Gasteiger partial charge in [-0.1, -0.05) is 99.7 Å². The molecule has 0 fully saturated rings. The molecule has 0 saturated carbocycles. The molecule has 2 aromatic carbocycles. The van der Waals surface area contributed by atoms with Crippen LogP contribution in [0.1, 0.15) is 33.3 Å². The van der Waals surface area contributed by atoms with E-state index >= 15 is 0 Å². The SMILES string of the molecule is CC(=O)O[C@@H]([C@@H](O)[C@@H](COCc1ccccc1)O[Si](C)(C)C(C)(C)C)[Si](C)(C)c1ccccc1. The molecule has 0 aliphatic rings. The summed E-state index contributed by atoms with van der Waals surface area (Å²) in [6.45, 7) is 17.1. The Balaban J connectivity index is 2.35. The zero-order chi connectivity index (χ0) is 25.6. The average Bonchev–Trinajstić information content (AvgIpc) is 2.76. The van der Waals surface area contributed by atoms with Crippen molar-refractivity contribution in [1.29, 1.82) is 0 Å². The fraction of sp³-hybridized carbons (Fsp3) is 0.519. The Hall–Kier alpha value is -1.78. The third-order valence-electron chi connectivity index (χ3n) is 6.86. The van der Waals surface area contributed by atoms with E-state index in [0.29, 0.717) is 6.61 Å². The fourth-order valence-electron chi connectivity index (χ4n) is 3.67. The van der Waals surface area contributed by atoms with E-state index in [9.17, 15) is 9.90 Å². The summed E-state index contributed by atoms with van der Waals surface area (Å²) in [4.78, 5) is 12.1. The van der Waals surface area contributed by atoms with E-state index in [-0.39, 0.29) is 11.6 Å². The number of carbonyl (C=O) groups excluding carboxylic acids is 1. The number of carbonyl (C=O) groups is 1. The summed E-state index contributed by atoms with van der Waals surface area (Å²) in [5.41, 5.74) is 0.376. The molecule has 0 aromatic heterocycles. The summed E-state index contributed by atoms with van der Waals surface area (Å²) in [6, 6.07) is 19.9. The quantitative estimate of drug-likeness (QED) is 0.344. The second-order valence-corrected chi connectivity index (χ2v) is 20.4. The molecule has 2 rings (SSSR count). The van der Waals surface area contributed by atoms with Gasteiger partial charge in [0, 0.05) is 6.92 Å². The van der Waals surface area contributed by atoms with E-state index in [2.05, 4.69) is 47.0 Å². The molecule has 0 radical (unpaired) electrons. The molecule has 5 nitrogen and oxygen atoms in total. The van der Waals surface area contributed by atoms with Crippen LogP contribution in [-0.4, -0.2) is 52.0 Å². The van der Waals surface area contributed by atoms with Gasteiger partial charge in [0.2, 0.25) is 0 Å². The van der Waals surface area contributed by atoms with Gasteiger partial charge in [-0.3, -0.25) is 4.79 Å². The summed E-state index contributed by atoms with van der Waals surface area (Å²) in [5.74, 6) is -0.406. The molecule has 0 bridgehead atoms. The molecular formula is C27H42O5Si2. The predicted octanol–water partition coefficient (Wildman–Crippen LogP) is 5.04. The van der Waals surface area contributed by atoms with Gasteiger partial charge in [0.15, 0.2) is 8.32 Å². The lowest BCUT2D eigenvalue weighted by Crippen LogP contribution is -2.63. The largest absolute Gasteiger partial charge is 0.463 e. The van der Waals surface area contributed by atoms with Crippen molar-refractivity contribution in [3.8, 4) is 0 Å². The minimum absolute atomic E-state index is 0.0479. The van der Waals surface area contributed by atoms with Gasteiger partial charge < -0.3 is 19.0 Å². The van der Waals surface area contributed by atoms with Crippen LogP contribution in [0.2, 0.25) is 31.2 Å². The van der Waals surface area contributed by atoms with E-state index in [1.165, 1.54) is 6.92 Å². The minimum atomic E-state index is -2.44. The molecule has 0 saturated heterocycles. The predicted molar refractivity (Wildman–Crippen MR) is 143 cm³/mol. The van der Waals surface area contributed by atoms with Gasteiger partial charge in [-0.15, -0.1) is 0 Å². The summed E-state index contributed by atoms with van der Waals surface area (Å²) in [7, 11) is -4.68. The van der Waals surface area contributed by atoms with Crippen molar-refractivity contribution in [3.63, 3.8) is 0 Å². The summed E-state index contributed by atoms with van der Waals surface area (Å²) < 4.78 is 18.6. The number of rotatable bonds is 11. The first-order chi connectivity index (χ1) is 15.8. The van der Waals surface area contributed by atoms with E-state index < -0.39 is 40.3 Å². The highest BCUT2D eigenvalue weighted by Gasteiger charge is 2.47. The molecule has 0 aliphatic carbocycles. The molecule has 0 unspecified atom stereocenters. The van der Waals surface area contributed by atoms with Crippen LogP contribution in [-0.2, 0) is 25.3 Å². The Morgan fingerprint density at radius 1 is 0.941 bits per heavy atom. The first-order valence-electron chi connectivity index (χ1n) is 12.0. The Morgan fingerprint density at radius 2 is 1.47 bits per heavy atom. The van der Waals surface area contributed by atoms with Crippen molar-refractivity contribution < 1.29 is 23.8 Å². The van der Waals surface area contributed by atoms with E-state index in [4.69, 9.17) is 13.9 Å². The molecule has 0 aliphatic heterocycles. The minimum Gasteiger partial charge on any atom is -0.463 e. The van der Waals surface area contributed by atoms with Crippen molar-refractivity contribution in [3.05, 3.63) is 66.2 Å². The van der Waals surface area contributed by atoms with E-state index in [0.717, 1.165) is 10.8 Å². The Bertz CT molecular complexity index is 894. The van der Waals surface area contributed by atoms with Gasteiger partial charge in [-0.2, -0.15) is 0 Å². The summed E-state index contributed by atoms with van der Waals surface area (Å²) in [6.07, 6.45) is -1.64. The molecule has 3 atom stereocenters. The van der Waals surface area contributed by atoms with Crippen molar-refractivity contribution in [2.75, 3.05) is 6.61 Å². The number of esters is 1. The highest BCUT2D eigenvalue weighted by molar-refractivity contribution is 6.91. The van der Waals surface area contributed by atoms with Crippen LogP contribution in [0.4, 0.5) is 0 Å². The van der Waals surface area contributed by atoms with Crippen molar-refractivity contribution in [2.24, 2.45) is 0 Å². The molecule has 7 heteroatoms. The lowest BCUT2D eigenvalue weighted by atomic mass is 10.2. The first-order valence-corrected chi connectivity index (χ1v) is 17.9. The highest BCUT2D eigenvalue weighted by Crippen LogP contribution is 2.38. The number of aliphatic hydroxyl groups excluding tert-OH is 1. The molecular weight excluding hydrogens is 460 g/mol. The highest BCUT2D eigenvalue weighted by atomic mass is 28.4. The number of hydrogen-bond donors (Lipinski definition) is 1. The zero-order valence-corrected chi connectivity index (χ0v) is 24.0. The van der Waals surface area contributed by atoms with Crippen LogP contribution >= 0.6 is 0 Å². The average molecular weight is 503 g/mol. The van der Waals surface area contributed by atoms with Crippen LogP contribution in [0.15, 0.2) is 60.7 Å². The third-order valence-corrected chi connectivity index (χ3v) is 15.1. The third kappa shape index (κ3) is 7.61. The van der Waals surface area contributed by atoms with E-state index in [1.807, 2.05) is 60.7 Å². The second kappa shape index (κ2) is 11.8. The Kier molecular flexibility index (Phi) is 9.85. The van der Waals surface area contributed by atoms with Crippen molar-refractivity contribution >= 4 is 27.5 Å². The van der Waals surface area contributed by atoms with Gasteiger partial charge >= 0.3 is 5.97 Å². The molecule has 0 spiro atoms. The van der Waals surface area contributed by atoms with Crippen molar-refractivity contribution in [2.45, 2.75) is 83.5 Å². The van der Waals surface area contributed by atoms with Gasteiger partial charge in [0.05, 0.1) is 19.3 Å². The van der Waals surface area contributed by atoms with Gasteiger partial charge in [-0.05, 0) is 23.7 Å². The molecule has 0 amide bonds. The Morgan fingerprint density at radius 3 is 1.97 bits per heavy atom. The van der Waals surface area contributed by atoms with Crippen LogP contribution in [0, 0.1) is 0 Å². The molecule has 1 N–H and O–H groups in total. The summed E-state index contributed by atoms with van der Waals surface area (Å²) in [5, 5.41) is 12.8. The van der Waals surface area contributed by atoms with Crippen LogP contribution in [0.25, 0.3) is 0 Å².